The first kappa shape index (κ1) is 27.7. The molecule has 0 aliphatic rings. The zero-order valence-electron chi connectivity index (χ0n) is 20.8. The number of amides is 3. The molecule has 0 spiro atoms. The van der Waals surface area contributed by atoms with Crippen LogP contribution in [-0.2, 0) is 20.9 Å². The van der Waals surface area contributed by atoms with E-state index >= 15 is 0 Å². The Hall–Kier alpha value is -3.59. The maximum Gasteiger partial charge on any atom is 0.408 e. The van der Waals surface area contributed by atoms with Gasteiger partial charge in [-0.25, -0.2) is 4.79 Å². The number of aliphatic hydroxyl groups is 1. The van der Waals surface area contributed by atoms with Gasteiger partial charge in [0.15, 0.2) is 0 Å². The van der Waals surface area contributed by atoms with Gasteiger partial charge < -0.3 is 30.5 Å². The summed E-state index contributed by atoms with van der Waals surface area (Å²) in [6.45, 7) is 7.94. The van der Waals surface area contributed by atoms with Crippen molar-refractivity contribution in [2.75, 3.05) is 6.61 Å². The van der Waals surface area contributed by atoms with Crippen molar-refractivity contribution in [3.63, 3.8) is 0 Å². The molecule has 9 heteroatoms. The van der Waals surface area contributed by atoms with E-state index in [0.717, 1.165) is 5.56 Å². The zero-order valence-corrected chi connectivity index (χ0v) is 20.8. The Morgan fingerprint density at radius 1 is 1.00 bits per heavy atom. The van der Waals surface area contributed by atoms with Gasteiger partial charge in [0.2, 0.25) is 11.8 Å². The Morgan fingerprint density at radius 2 is 1.60 bits per heavy atom. The molecule has 4 N–H and O–H groups in total. The number of carbonyl (C=O) groups excluding carboxylic acids is 3. The number of rotatable bonds is 9. The molecule has 0 saturated carbocycles. The molecular formula is C26H35N3O6. The molecule has 0 saturated heterocycles. The van der Waals surface area contributed by atoms with Gasteiger partial charge in [0.25, 0.3) is 0 Å². The number of aromatic hydroxyl groups is 1. The van der Waals surface area contributed by atoms with Crippen molar-refractivity contribution in [3.8, 4) is 5.75 Å². The number of ether oxygens (including phenoxy) is 1. The lowest BCUT2D eigenvalue weighted by molar-refractivity contribution is -0.145. The van der Waals surface area contributed by atoms with Crippen LogP contribution in [0.15, 0.2) is 54.6 Å². The van der Waals surface area contributed by atoms with E-state index in [9.17, 15) is 24.6 Å². The molecule has 2 rings (SSSR count). The molecule has 35 heavy (non-hydrogen) atoms. The Bertz CT molecular complexity index is 1000. The van der Waals surface area contributed by atoms with E-state index in [0.29, 0.717) is 0 Å². The molecule has 3 amide bonds. The lowest BCUT2D eigenvalue weighted by Crippen LogP contribution is -2.56. The Morgan fingerprint density at radius 3 is 2.14 bits per heavy atom. The van der Waals surface area contributed by atoms with Gasteiger partial charge in [0, 0.05) is 18.2 Å². The Kier molecular flexibility index (Phi) is 9.65. The van der Waals surface area contributed by atoms with E-state index < -0.39 is 48.2 Å². The standard InChI is InChI=1S/C26H35N3O6/c1-17(2)29(24(33)20(16-30)28-25(34)35-26(3,4)5)22(19-13-9-10-14-21(19)31)23(32)27-15-18-11-7-6-8-12-18/h6-14,17,20,22,30-31H,15-16H2,1-5H3,(H,27,32)(H,28,34). The molecular weight excluding hydrogens is 450 g/mol. The first-order chi connectivity index (χ1) is 16.4. The van der Waals surface area contributed by atoms with Gasteiger partial charge in [0.1, 0.15) is 23.4 Å². The van der Waals surface area contributed by atoms with Crippen LogP contribution in [0.4, 0.5) is 4.79 Å². The molecule has 0 radical (unpaired) electrons. The molecule has 0 aliphatic carbocycles. The maximum absolute atomic E-state index is 13.6. The predicted molar refractivity (Wildman–Crippen MR) is 131 cm³/mol. The average Bonchev–Trinajstić information content (AvgIpc) is 2.79. The molecule has 0 aliphatic heterocycles. The van der Waals surface area contributed by atoms with Crippen LogP contribution in [0.2, 0.25) is 0 Å². The van der Waals surface area contributed by atoms with E-state index in [1.165, 1.54) is 11.0 Å². The van der Waals surface area contributed by atoms with Crippen LogP contribution in [0.5, 0.6) is 5.75 Å². The molecule has 0 bridgehead atoms. The van der Waals surface area contributed by atoms with Gasteiger partial charge in [0.05, 0.1) is 6.61 Å². The fraction of sp³-hybridized carbons (Fsp3) is 0.423. The minimum atomic E-state index is -1.36. The highest BCUT2D eigenvalue weighted by molar-refractivity contribution is 5.92. The van der Waals surface area contributed by atoms with Crippen molar-refractivity contribution in [3.05, 3.63) is 65.7 Å². The number of alkyl carbamates (subject to hydrolysis) is 1. The zero-order chi connectivity index (χ0) is 26.2. The van der Waals surface area contributed by atoms with E-state index in [4.69, 9.17) is 4.74 Å². The van der Waals surface area contributed by atoms with Crippen molar-refractivity contribution in [2.45, 2.75) is 64.9 Å². The van der Waals surface area contributed by atoms with Gasteiger partial charge in [-0.2, -0.15) is 0 Å². The molecule has 2 aromatic rings. The van der Waals surface area contributed by atoms with Crippen LogP contribution in [0.25, 0.3) is 0 Å². The van der Waals surface area contributed by atoms with Crippen LogP contribution in [0, 0.1) is 0 Å². The Balaban J connectivity index is 2.39. The van der Waals surface area contributed by atoms with Crippen LogP contribution >= 0.6 is 0 Å². The number of carbonyl (C=O) groups is 3. The number of benzene rings is 2. The quantitative estimate of drug-likeness (QED) is 0.432. The highest BCUT2D eigenvalue weighted by Crippen LogP contribution is 2.31. The number of phenolic OH excluding ortho intramolecular Hbond substituents is 1. The molecule has 2 unspecified atom stereocenters. The third-order valence-corrected chi connectivity index (χ3v) is 5.05. The van der Waals surface area contributed by atoms with Crippen molar-refractivity contribution < 1.29 is 29.3 Å². The number of aliphatic hydroxyl groups excluding tert-OH is 1. The second-order valence-electron chi connectivity index (χ2n) is 9.39. The molecule has 2 atom stereocenters. The van der Waals surface area contributed by atoms with Crippen LogP contribution in [0.1, 0.15) is 51.8 Å². The SMILES string of the molecule is CC(C)N(C(=O)C(CO)NC(=O)OC(C)(C)C)C(C(=O)NCc1ccccc1)c1ccccc1O. The topological polar surface area (TPSA) is 128 Å². The van der Waals surface area contributed by atoms with Crippen LogP contribution < -0.4 is 10.6 Å². The third kappa shape index (κ3) is 7.99. The largest absolute Gasteiger partial charge is 0.508 e. The van der Waals surface area contributed by atoms with Crippen molar-refractivity contribution in [1.82, 2.24) is 15.5 Å². The summed E-state index contributed by atoms with van der Waals surface area (Å²) in [5, 5.41) is 25.6. The normalized spacial score (nSPS) is 13.0. The number of nitrogens with one attached hydrogen (secondary N) is 2. The second-order valence-corrected chi connectivity index (χ2v) is 9.39. The van der Waals surface area contributed by atoms with Crippen LogP contribution in [0.3, 0.4) is 0 Å². The third-order valence-electron chi connectivity index (χ3n) is 5.05. The van der Waals surface area contributed by atoms with Crippen molar-refractivity contribution in [2.24, 2.45) is 0 Å². The molecule has 190 valence electrons. The summed E-state index contributed by atoms with van der Waals surface area (Å²) in [5.41, 5.74) is 0.272. The van der Waals surface area contributed by atoms with Gasteiger partial charge in [-0.1, -0.05) is 48.5 Å². The fourth-order valence-corrected chi connectivity index (χ4v) is 3.51. The summed E-state index contributed by atoms with van der Waals surface area (Å²) in [5.74, 6) is -1.38. The Labute approximate surface area is 206 Å². The fourth-order valence-electron chi connectivity index (χ4n) is 3.51. The molecule has 2 aromatic carbocycles. The summed E-state index contributed by atoms with van der Waals surface area (Å²) < 4.78 is 5.21. The average molecular weight is 486 g/mol. The molecule has 0 fully saturated rings. The lowest BCUT2D eigenvalue weighted by atomic mass is 10.00. The molecule has 9 nitrogen and oxygen atoms in total. The van der Waals surface area contributed by atoms with E-state index in [-0.39, 0.29) is 17.9 Å². The van der Waals surface area contributed by atoms with E-state index in [1.54, 1.807) is 52.8 Å². The first-order valence-electron chi connectivity index (χ1n) is 11.5. The minimum absolute atomic E-state index is 0.161. The summed E-state index contributed by atoms with van der Waals surface area (Å²) in [6, 6.07) is 12.4. The number of hydrogen-bond donors (Lipinski definition) is 4. The second kappa shape index (κ2) is 12.2. The minimum Gasteiger partial charge on any atom is -0.508 e. The maximum atomic E-state index is 13.6. The van der Waals surface area contributed by atoms with E-state index in [2.05, 4.69) is 10.6 Å². The van der Waals surface area contributed by atoms with Crippen molar-refractivity contribution >= 4 is 17.9 Å². The van der Waals surface area contributed by atoms with Crippen LogP contribution in [-0.4, -0.2) is 57.3 Å². The smallest absolute Gasteiger partial charge is 0.408 e. The number of hydrogen-bond acceptors (Lipinski definition) is 6. The summed E-state index contributed by atoms with van der Waals surface area (Å²) in [7, 11) is 0. The first-order valence-corrected chi connectivity index (χ1v) is 11.5. The summed E-state index contributed by atoms with van der Waals surface area (Å²) >= 11 is 0. The molecule has 0 aromatic heterocycles. The predicted octanol–water partition coefficient (Wildman–Crippen LogP) is 2.87. The number of phenols is 1. The monoisotopic (exact) mass is 485 g/mol. The highest BCUT2D eigenvalue weighted by Gasteiger charge is 2.38. The van der Waals surface area contributed by atoms with Gasteiger partial charge in [-0.3, -0.25) is 9.59 Å². The van der Waals surface area contributed by atoms with Gasteiger partial charge in [-0.15, -0.1) is 0 Å². The van der Waals surface area contributed by atoms with Gasteiger partial charge in [-0.05, 0) is 46.2 Å². The summed E-state index contributed by atoms with van der Waals surface area (Å²) in [6.07, 6.45) is -0.874. The molecule has 0 heterocycles. The van der Waals surface area contributed by atoms with Gasteiger partial charge >= 0.3 is 6.09 Å². The highest BCUT2D eigenvalue weighted by atomic mass is 16.6. The lowest BCUT2D eigenvalue weighted by Gasteiger charge is -2.37. The number of para-hydroxylation sites is 1. The summed E-state index contributed by atoms with van der Waals surface area (Å²) in [4.78, 5) is 40.5. The number of nitrogens with zero attached hydrogens (tertiary/aromatic N) is 1. The van der Waals surface area contributed by atoms with E-state index in [1.807, 2.05) is 30.3 Å². The van der Waals surface area contributed by atoms with Crippen molar-refractivity contribution in [1.29, 1.82) is 0 Å².